The first-order valence-corrected chi connectivity index (χ1v) is 16.1. The number of rotatable bonds is 19. The summed E-state index contributed by atoms with van der Waals surface area (Å²) in [6.07, 6.45) is 2.81. The third kappa shape index (κ3) is 14.2. The molecule has 0 bridgehead atoms. The molecular weight excluding hydrogens is 625 g/mol. The van der Waals surface area contributed by atoms with Gasteiger partial charge in [0.05, 0.1) is 24.4 Å². The van der Waals surface area contributed by atoms with Gasteiger partial charge in [0.1, 0.15) is 18.5 Å². The molecule has 1 amide bonds. The largest absolute Gasteiger partial charge is 0.491 e. The minimum absolute atomic E-state index is 0.0158. The van der Waals surface area contributed by atoms with Crippen molar-refractivity contribution in [3.05, 3.63) is 64.2 Å². The number of unbranched alkanes of at least 4 members (excludes halogenated alkanes) is 1. The fourth-order valence-corrected chi connectivity index (χ4v) is 5.82. The third-order valence-corrected chi connectivity index (χ3v) is 8.43. The second kappa shape index (κ2) is 19.5. The number of hydrogen-bond donors (Lipinski definition) is 4. The molecule has 0 aromatic heterocycles. The standard InChI is InChI=1S/C32H47F3N4O8/c33-32(34,35)24-7-5-8-26(21-24)46-23-25(40)11-12-28-27(29(41)22-30(28)42)9-3-1-2-4-10-31(43)36-13-15-38-18-16-37(17-19-38)14-6-20-47-39(44)45/h1,3,5,7-8,11-12,21,25,27-30,40-42H,2,4,6,9-10,13-20,22-23H2,(H,36,43)/b3-1-,12-11+/t25-,27-,28-,29+,30-/m1/s1. The van der Waals surface area contributed by atoms with Crippen molar-refractivity contribution in [1.29, 1.82) is 0 Å². The van der Waals surface area contributed by atoms with E-state index in [1.165, 1.54) is 18.2 Å². The van der Waals surface area contributed by atoms with Crippen LogP contribution >= 0.6 is 0 Å². The van der Waals surface area contributed by atoms with Crippen LogP contribution in [0.5, 0.6) is 5.75 Å². The molecule has 1 heterocycles. The summed E-state index contributed by atoms with van der Waals surface area (Å²) in [4.78, 5) is 31.3. The molecule has 1 aliphatic carbocycles. The van der Waals surface area contributed by atoms with Crippen molar-refractivity contribution in [2.45, 2.75) is 63.0 Å². The van der Waals surface area contributed by atoms with Gasteiger partial charge >= 0.3 is 6.18 Å². The number of carbonyl (C=O) groups excluding carboxylic acids is 1. The van der Waals surface area contributed by atoms with Crippen molar-refractivity contribution in [3.8, 4) is 5.75 Å². The van der Waals surface area contributed by atoms with E-state index in [0.29, 0.717) is 38.6 Å². The van der Waals surface area contributed by atoms with E-state index in [-0.39, 0.29) is 37.2 Å². The lowest BCUT2D eigenvalue weighted by Gasteiger charge is -2.34. The van der Waals surface area contributed by atoms with Crippen LogP contribution in [0.15, 0.2) is 48.6 Å². The maximum atomic E-state index is 12.9. The summed E-state index contributed by atoms with van der Waals surface area (Å²) in [6, 6.07) is 4.39. The monoisotopic (exact) mass is 672 g/mol. The SMILES string of the molecule is O=C(CCC/C=C\C[C@@H]1[C@@H](/C=C/[C@@H](O)COc2cccc(C(F)(F)F)c2)[C@H](O)C[C@@H]1O)NCCN1CCN(CCCO[N+](=O)[O-])CC1. The zero-order chi connectivity index (χ0) is 34.2. The van der Waals surface area contributed by atoms with E-state index in [1.54, 1.807) is 6.08 Å². The molecule has 4 N–H and O–H groups in total. The maximum Gasteiger partial charge on any atom is 0.416 e. The first-order valence-electron chi connectivity index (χ1n) is 16.1. The zero-order valence-corrected chi connectivity index (χ0v) is 26.5. The van der Waals surface area contributed by atoms with E-state index < -0.39 is 41.1 Å². The van der Waals surface area contributed by atoms with Crippen molar-refractivity contribution in [2.24, 2.45) is 11.8 Å². The number of carbonyl (C=O) groups is 1. The van der Waals surface area contributed by atoms with Gasteiger partial charge in [-0.05, 0) is 49.8 Å². The molecule has 47 heavy (non-hydrogen) atoms. The Hall–Kier alpha value is -3.24. The van der Waals surface area contributed by atoms with Crippen LogP contribution in [0, 0.1) is 22.0 Å². The van der Waals surface area contributed by atoms with Crippen molar-refractivity contribution in [1.82, 2.24) is 15.1 Å². The van der Waals surface area contributed by atoms with Crippen molar-refractivity contribution in [2.75, 3.05) is 59.0 Å². The fourth-order valence-electron chi connectivity index (χ4n) is 5.82. The molecule has 1 saturated carbocycles. The molecule has 264 valence electrons. The molecular formula is C32H47F3N4O8. The molecule has 0 radical (unpaired) electrons. The number of allylic oxidation sites excluding steroid dienone is 2. The highest BCUT2D eigenvalue weighted by Gasteiger charge is 2.39. The summed E-state index contributed by atoms with van der Waals surface area (Å²) in [6.45, 7) is 5.40. The van der Waals surface area contributed by atoms with Crippen molar-refractivity contribution < 1.29 is 47.9 Å². The maximum absolute atomic E-state index is 12.9. The normalized spacial score (nSPS) is 23.4. The number of aliphatic hydroxyl groups excluding tert-OH is 3. The number of alkyl halides is 3. The fraction of sp³-hybridized carbons (Fsp3) is 0.656. The lowest BCUT2D eigenvalue weighted by atomic mass is 9.89. The van der Waals surface area contributed by atoms with Crippen LogP contribution in [-0.2, 0) is 15.8 Å². The Morgan fingerprint density at radius 2 is 1.83 bits per heavy atom. The minimum Gasteiger partial charge on any atom is -0.491 e. The number of benzene rings is 1. The summed E-state index contributed by atoms with van der Waals surface area (Å²) in [5.41, 5.74) is -0.848. The molecule has 1 aromatic rings. The zero-order valence-electron chi connectivity index (χ0n) is 26.5. The van der Waals surface area contributed by atoms with Gasteiger partial charge < -0.3 is 35.1 Å². The number of aliphatic hydroxyl groups is 3. The van der Waals surface area contributed by atoms with Gasteiger partial charge in [-0.3, -0.25) is 9.69 Å². The highest BCUT2D eigenvalue weighted by atomic mass is 19.4. The van der Waals surface area contributed by atoms with Gasteiger partial charge in [0.15, 0.2) is 0 Å². The van der Waals surface area contributed by atoms with E-state index in [1.807, 2.05) is 12.2 Å². The number of hydrogen-bond acceptors (Lipinski definition) is 10. The first-order chi connectivity index (χ1) is 22.4. The Morgan fingerprint density at radius 3 is 2.53 bits per heavy atom. The van der Waals surface area contributed by atoms with E-state index in [9.17, 15) is 43.4 Å². The van der Waals surface area contributed by atoms with Crippen molar-refractivity contribution >= 4 is 5.91 Å². The number of nitrogens with one attached hydrogen (secondary N) is 1. The number of amides is 1. The minimum atomic E-state index is -4.50. The molecule has 1 saturated heterocycles. The van der Waals surface area contributed by atoms with E-state index in [4.69, 9.17) is 4.74 Å². The first kappa shape index (κ1) is 38.2. The topological polar surface area (TPSA) is 158 Å². The molecule has 1 aromatic carbocycles. The Morgan fingerprint density at radius 1 is 1.11 bits per heavy atom. The van der Waals surface area contributed by atoms with Crippen molar-refractivity contribution in [3.63, 3.8) is 0 Å². The van der Waals surface area contributed by atoms with Crippen LogP contribution in [0.3, 0.4) is 0 Å². The average molecular weight is 673 g/mol. The molecule has 5 atom stereocenters. The molecule has 0 unspecified atom stereocenters. The number of piperazine rings is 1. The Labute approximate surface area is 272 Å². The predicted molar refractivity (Wildman–Crippen MR) is 167 cm³/mol. The summed E-state index contributed by atoms with van der Waals surface area (Å²) in [7, 11) is 0. The van der Waals surface area contributed by atoms with E-state index in [2.05, 4.69) is 20.0 Å². The molecule has 2 fully saturated rings. The summed E-state index contributed by atoms with van der Waals surface area (Å²) in [5.74, 6) is -0.727. The van der Waals surface area contributed by atoms with E-state index >= 15 is 0 Å². The van der Waals surface area contributed by atoms with Crippen LogP contribution in [0.4, 0.5) is 13.2 Å². The van der Waals surface area contributed by atoms with Crippen LogP contribution in [0.1, 0.15) is 44.1 Å². The van der Waals surface area contributed by atoms with Gasteiger partial charge in [-0.1, -0.05) is 30.4 Å². The van der Waals surface area contributed by atoms with Crippen LogP contribution in [0.25, 0.3) is 0 Å². The Kier molecular flexibility index (Phi) is 15.9. The lowest BCUT2D eigenvalue weighted by molar-refractivity contribution is -0.757. The Balaban J connectivity index is 1.28. The summed E-state index contributed by atoms with van der Waals surface area (Å²) >= 11 is 0. The molecule has 2 aliphatic rings. The van der Waals surface area contributed by atoms with Gasteiger partial charge in [-0.15, -0.1) is 10.1 Å². The van der Waals surface area contributed by atoms with Gasteiger partial charge in [0.25, 0.3) is 5.09 Å². The second-order valence-corrected chi connectivity index (χ2v) is 11.9. The molecule has 0 spiro atoms. The lowest BCUT2D eigenvalue weighted by Crippen LogP contribution is -2.48. The smallest absolute Gasteiger partial charge is 0.416 e. The quantitative estimate of drug-likeness (QED) is 0.0746. The van der Waals surface area contributed by atoms with Gasteiger partial charge in [-0.25, -0.2) is 0 Å². The third-order valence-electron chi connectivity index (χ3n) is 8.43. The predicted octanol–water partition coefficient (Wildman–Crippen LogP) is 2.81. The molecule has 12 nitrogen and oxygen atoms in total. The van der Waals surface area contributed by atoms with Crippen LogP contribution in [0.2, 0.25) is 0 Å². The van der Waals surface area contributed by atoms with Crippen LogP contribution < -0.4 is 10.1 Å². The van der Waals surface area contributed by atoms with Gasteiger partial charge in [0, 0.05) is 64.6 Å². The summed E-state index contributed by atoms with van der Waals surface area (Å²) < 4.78 is 44.0. The average Bonchev–Trinajstić information content (AvgIpc) is 3.30. The number of halogens is 3. The summed E-state index contributed by atoms with van der Waals surface area (Å²) in [5, 5.41) is 43.6. The number of ether oxygens (including phenoxy) is 1. The van der Waals surface area contributed by atoms with E-state index in [0.717, 1.165) is 51.4 Å². The number of nitrogens with zero attached hydrogens (tertiary/aromatic N) is 3. The van der Waals surface area contributed by atoms with Gasteiger partial charge in [-0.2, -0.15) is 13.2 Å². The second-order valence-electron chi connectivity index (χ2n) is 11.9. The highest BCUT2D eigenvalue weighted by molar-refractivity contribution is 5.75. The molecule has 15 heteroatoms. The molecule has 1 aliphatic heterocycles. The van der Waals surface area contributed by atoms with Crippen LogP contribution in [-0.4, -0.2) is 113 Å². The van der Waals surface area contributed by atoms with Gasteiger partial charge in [0.2, 0.25) is 5.91 Å². The Bertz CT molecular complexity index is 1160. The highest BCUT2D eigenvalue weighted by Crippen LogP contribution is 2.36. The molecule has 3 rings (SSSR count).